The van der Waals surface area contributed by atoms with Crippen LogP contribution in [0.1, 0.15) is 13.3 Å². The second-order valence-corrected chi connectivity index (χ2v) is 6.97. The van der Waals surface area contributed by atoms with Crippen molar-refractivity contribution in [3.8, 4) is 11.3 Å². The first kappa shape index (κ1) is 19.4. The van der Waals surface area contributed by atoms with E-state index in [2.05, 4.69) is 20.5 Å². The fourth-order valence-corrected chi connectivity index (χ4v) is 3.22. The highest BCUT2D eigenvalue weighted by Crippen LogP contribution is 2.25. The standard InChI is InChI=1S/C19H17N5O3S/c1-2-17(18(25)21-14-9-6-10-15(11-14)24(26)27)28-19-20-12-16(22-23-19)13-7-4-3-5-8-13/h3-12,17H,2H2,1H3,(H,21,25). The Morgan fingerprint density at radius 3 is 2.61 bits per heavy atom. The van der Waals surface area contributed by atoms with Gasteiger partial charge in [0.15, 0.2) is 0 Å². The topological polar surface area (TPSA) is 111 Å². The van der Waals surface area contributed by atoms with E-state index in [-0.39, 0.29) is 11.6 Å². The van der Waals surface area contributed by atoms with Crippen molar-refractivity contribution in [1.82, 2.24) is 15.2 Å². The number of nitrogens with zero attached hydrogens (tertiary/aromatic N) is 4. The van der Waals surface area contributed by atoms with Gasteiger partial charge in [0.25, 0.3) is 5.69 Å². The molecule has 1 atom stereocenters. The quantitative estimate of drug-likeness (QED) is 0.366. The van der Waals surface area contributed by atoms with Gasteiger partial charge in [0.1, 0.15) is 5.69 Å². The van der Waals surface area contributed by atoms with Gasteiger partial charge in [-0.15, -0.1) is 10.2 Å². The van der Waals surface area contributed by atoms with E-state index in [1.807, 2.05) is 37.3 Å². The second-order valence-electron chi connectivity index (χ2n) is 5.80. The number of carbonyl (C=O) groups is 1. The molecule has 1 N–H and O–H groups in total. The summed E-state index contributed by atoms with van der Waals surface area (Å²) in [5, 5.41) is 21.8. The molecule has 1 heterocycles. The smallest absolute Gasteiger partial charge is 0.271 e. The zero-order chi connectivity index (χ0) is 19.9. The molecule has 0 radical (unpaired) electrons. The van der Waals surface area contributed by atoms with E-state index in [0.717, 1.165) is 5.56 Å². The monoisotopic (exact) mass is 395 g/mol. The Hall–Kier alpha value is -3.33. The number of hydrogen-bond acceptors (Lipinski definition) is 7. The van der Waals surface area contributed by atoms with Gasteiger partial charge in [-0.25, -0.2) is 4.98 Å². The molecule has 1 aromatic heterocycles. The van der Waals surface area contributed by atoms with Gasteiger partial charge in [-0.2, -0.15) is 0 Å². The number of amides is 1. The van der Waals surface area contributed by atoms with Gasteiger partial charge in [0.05, 0.1) is 16.4 Å². The summed E-state index contributed by atoms with van der Waals surface area (Å²) in [7, 11) is 0. The number of thioether (sulfide) groups is 1. The molecule has 3 aromatic rings. The molecule has 2 aromatic carbocycles. The maximum atomic E-state index is 12.5. The summed E-state index contributed by atoms with van der Waals surface area (Å²) in [4.78, 5) is 27.2. The van der Waals surface area contributed by atoms with E-state index in [4.69, 9.17) is 0 Å². The van der Waals surface area contributed by atoms with Crippen LogP contribution in [0, 0.1) is 10.1 Å². The van der Waals surface area contributed by atoms with Crippen LogP contribution in [0.3, 0.4) is 0 Å². The first-order chi connectivity index (χ1) is 13.6. The fourth-order valence-electron chi connectivity index (χ4n) is 2.43. The lowest BCUT2D eigenvalue weighted by atomic mass is 10.2. The number of nitro groups is 1. The summed E-state index contributed by atoms with van der Waals surface area (Å²) in [6, 6.07) is 15.4. The molecule has 0 fully saturated rings. The van der Waals surface area contributed by atoms with Gasteiger partial charge in [-0.05, 0) is 12.5 Å². The summed E-state index contributed by atoms with van der Waals surface area (Å²) in [5.74, 6) is -0.274. The van der Waals surface area contributed by atoms with Crippen molar-refractivity contribution < 1.29 is 9.72 Å². The van der Waals surface area contributed by atoms with Crippen LogP contribution in [0.4, 0.5) is 11.4 Å². The van der Waals surface area contributed by atoms with E-state index in [9.17, 15) is 14.9 Å². The molecule has 142 valence electrons. The van der Waals surface area contributed by atoms with Crippen LogP contribution in [-0.2, 0) is 4.79 Å². The molecule has 8 nitrogen and oxygen atoms in total. The van der Waals surface area contributed by atoms with E-state index >= 15 is 0 Å². The van der Waals surface area contributed by atoms with Crippen LogP contribution >= 0.6 is 11.8 Å². The number of anilines is 1. The van der Waals surface area contributed by atoms with Crippen LogP contribution in [0.25, 0.3) is 11.3 Å². The van der Waals surface area contributed by atoms with E-state index in [1.54, 1.807) is 12.3 Å². The summed E-state index contributed by atoms with van der Waals surface area (Å²) in [6.07, 6.45) is 2.16. The third-order valence-corrected chi connectivity index (χ3v) is 5.08. The molecule has 0 saturated carbocycles. The Bertz CT molecular complexity index is 967. The lowest BCUT2D eigenvalue weighted by molar-refractivity contribution is -0.384. The molecular formula is C19H17N5O3S. The molecule has 0 aliphatic heterocycles. The number of non-ortho nitro benzene ring substituents is 1. The summed E-state index contributed by atoms with van der Waals surface area (Å²) < 4.78 is 0. The SMILES string of the molecule is CCC(Sc1ncc(-c2ccccc2)nn1)C(=O)Nc1cccc([N+](=O)[O-])c1. The summed E-state index contributed by atoms with van der Waals surface area (Å²) in [6.45, 7) is 1.87. The zero-order valence-electron chi connectivity index (χ0n) is 15.0. The van der Waals surface area contributed by atoms with E-state index < -0.39 is 10.2 Å². The van der Waals surface area contributed by atoms with Gasteiger partial charge in [-0.3, -0.25) is 14.9 Å². The van der Waals surface area contributed by atoms with E-state index in [1.165, 1.54) is 30.0 Å². The number of nitro benzene ring substituents is 1. The minimum Gasteiger partial charge on any atom is -0.325 e. The van der Waals surface area contributed by atoms with Crippen LogP contribution < -0.4 is 5.32 Å². The van der Waals surface area contributed by atoms with Gasteiger partial charge in [-0.1, -0.05) is 55.1 Å². The molecule has 9 heteroatoms. The van der Waals surface area contributed by atoms with Gasteiger partial charge < -0.3 is 5.32 Å². The van der Waals surface area contributed by atoms with E-state index in [0.29, 0.717) is 23.0 Å². The molecule has 0 aliphatic rings. The van der Waals surface area contributed by atoms with Gasteiger partial charge >= 0.3 is 0 Å². The first-order valence-corrected chi connectivity index (χ1v) is 9.42. The van der Waals surface area contributed by atoms with Crippen molar-refractivity contribution in [2.45, 2.75) is 23.8 Å². The third-order valence-electron chi connectivity index (χ3n) is 3.85. The number of rotatable bonds is 7. The second kappa shape index (κ2) is 9.05. The minimum atomic E-state index is -0.504. The molecule has 0 aliphatic carbocycles. The van der Waals surface area contributed by atoms with Crippen LogP contribution in [0.2, 0.25) is 0 Å². The molecule has 3 rings (SSSR count). The summed E-state index contributed by atoms with van der Waals surface area (Å²) in [5.41, 5.74) is 1.85. The molecule has 28 heavy (non-hydrogen) atoms. The number of aromatic nitrogens is 3. The summed E-state index contributed by atoms with van der Waals surface area (Å²) >= 11 is 1.20. The number of benzene rings is 2. The zero-order valence-corrected chi connectivity index (χ0v) is 15.8. The van der Waals surface area contributed by atoms with Crippen molar-refractivity contribution >= 4 is 29.0 Å². The molecule has 0 bridgehead atoms. The van der Waals surface area contributed by atoms with Crippen molar-refractivity contribution in [2.24, 2.45) is 0 Å². The fraction of sp³-hybridized carbons (Fsp3) is 0.158. The van der Waals surface area contributed by atoms with Gasteiger partial charge in [0.2, 0.25) is 11.1 Å². The largest absolute Gasteiger partial charge is 0.325 e. The molecule has 1 amide bonds. The number of hydrogen-bond donors (Lipinski definition) is 1. The van der Waals surface area contributed by atoms with Crippen LogP contribution in [-0.4, -0.2) is 31.3 Å². The third kappa shape index (κ3) is 4.89. The lowest BCUT2D eigenvalue weighted by Gasteiger charge is -2.13. The maximum absolute atomic E-state index is 12.5. The first-order valence-electron chi connectivity index (χ1n) is 8.54. The Morgan fingerprint density at radius 2 is 1.96 bits per heavy atom. The highest BCUT2D eigenvalue weighted by molar-refractivity contribution is 8.00. The lowest BCUT2D eigenvalue weighted by Crippen LogP contribution is -2.24. The van der Waals surface area contributed by atoms with Crippen LogP contribution in [0.15, 0.2) is 66.0 Å². The Labute approximate surface area is 165 Å². The molecule has 0 spiro atoms. The Balaban J connectivity index is 1.67. The van der Waals surface area contributed by atoms with Crippen molar-refractivity contribution in [3.05, 3.63) is 70.9 Å². The minimum absolute atomic E-state index is 0.0810. The van der Waals surface area contributed by atoms with Gasteiger partial charge in [0, 0.05) is 23.4 Å². The molecule has 0 saturated heterocycles. The Morgan fingerprint density at radius 1 is 1.18 bits per heavy atom. The van der Waals surface area contributed by atoms with Crippen LogP contribution in [0.5, 0.6) is 0 Å². The predicted octanol–water partition coefficient (Wildman–Crippen LogP) is 3.96. The molecule has 1 unspecified atom stereocenters. The highest BCUT2D eigenvalue weighted by atomic mass is 32.2. The predicted molar refractivity (Wildman–Crippen MR) is 107 cm³/mol. The van der Waals surface area contributed by atoms with Crippen molar-refractivity contribution in [3.63, 3.8) is 0 Å². The maximum Gasteiger partial charge on any atom is 0.271 e. The van der Waals surface area contributed by atoms with Crippen molar-refractivity contribution in [2.75, 3.05) is 5.32 Å². The number of carbonyl (C=O) groups excluding carboxylic acids is 1. The normalized spacial score (nSPS) is 11.6. The molecular weight excluding hydrogens is 378 g/mol. The highest BCUT2D eigenvalue weighted by Gasteiger charge is 2.20. The van der Waals surface area contributed by atoms with Crippen molar-refractivity contribution in [1.29, 1.82) is 0 Å². The average Bonchev–Trinajstić information content (AvgIpc) is 2.73. The Kier molecular flexibility index (Phi) is 6.28. The average molecular weight is 395 g/mol. The number of nitrogens with one attached hydrogen (secondary N) is 1.